The van der Waals surface area contributed by atoms with Crippen LogP contribution < -0.4 is 19.6 Å². The Morgan fingerprint density at radius 1 is 0.967 bits per heavy atom. The molecule has 6 nitrogen and oxygen atoms in total. The Labute approximate surface area is 176 Å². The molecule has 0 bridgehead atoms. The lowest BCUT2D eigenvalue weighted by Crippen LogP contribution is -2.24. The van der Waals surface area contributed by atoms with Gasteiger partial charge in [0, 0.05) is 0 Å². The van der Waals surface area contributed by atoms with Crippen LogP contribution in [0.4, 0.5) is 0 Å². The van der Waals surface area contributed by atoms with Gasteiger partial charge in [0.15, 0.2) is 18.1 Å². The van der Waals surface area contributed by atoms with Crippen molar-refractivity contribution in [1.29, 1.82) is 0 Å². The number of ether oxygens (including phenoxy) is 3. The van der Waals surface area contributed by atoms with E-state index in [0.717, 1.165) is 16.7 Å². The maximum absolute atomic E-state index is 11.9. The predicted octanol–water partition coefficient (Wildman–Crippen LogP) is 4.11. The van der Waals surface area contributed by atoms with Crippen LogP contribution in [0.5, 0.6) is 17.2 Å². The second-order valence-electron chi connectivity index (χ2n) is 6.58. The largest absolute Gasteiger partial charge is 0.493 e. The molecule has 0 spiro atoms. The summed E-state index contributed by atoms with van der Waals surface area (Å²) < 4.78 is 16.7. The van der Waals surface area contributed by atoms with Gasteiger partial charge in [-0.25, -0.2) is 5.43 Å². The standard InChI is InChI=1S/C24H24N2O4/c1-18-7-6-10-21(13-18)29-17-24(27)26-25-15-20-11-12-22(28-2)23(14-20)30-16-19-8-4-3-5-9-19/h3-15H,16-17H2,1-2H3,(H,26,27)/b25-15-. The van der Waals surface area contributed by atoms with Crippen LogP contribution in [0.2, 0.25) is 0 Å². The average molecular weight is 404 g/mol. The molecule has 0 unspecified atom stereocenters. The average Bonchev–Trinajstić information content (AvgIpc) is 2.77. The van der Waals surface area contributed by atoms with Crippen LogP contribution in [-0.4, -0.2) is 25.8 Å². The second kappa shape index (κ2) is 10.7. The number of aryl methyl sites for hydroxylation is 1. The van der Waals surface area contributed by atoms with E-state index in [1.54, 1.807) is 31.5 Å². The van der Waals surface area contributed by atoms with Crippen LogP contribution in [0.15, 0.2) is 77.9 Å². The van der Waals surface area contributed by atoms with Crippen molar-refractivity contribution in [2.75, 3.05) is 13.7 Å². The minimum atomic E-state index is -0.346. The molecule has 3 rings (SSSR count). The molecule has 0 heterocycles. The van der Waals surface area contributed by atoms with Crippen molar-refractivity contribution in [2.45, 2.75) is 13.5 Å². The van der Waals surface area contributed by atoms with Gasteiger partial charge in [0.2, 0.25) is 0 Å². The van der Waals surface area contributed by atoms with Gasteiger partial charge in [-0.05, 0) is 53.9 Å². The zero-order chi connectivity index (χ0) is 21.2. The highest BCUT2D eigenvalue weighted by molar-refractivity contribution is 5.83. The number of hydrogen-bond donors (Lipinski definition) is 1. The number of nitrogens with zero attached hydrogens (tertiary/aromatic N) is 1. The van der Waals surface area contributed by atoms with Crippen molar-refractivity contribution in [3.63, 3.8) is 0 Å². The third-order valence-corrected chi connectivity index (χ3v) is 4.19. The first-order chi connectivity index (χ1) is 14.6. The number of amides is 1. The van der Waals surface area contributed by atoms with Crippen molar-refractivity contribution in [2.24, 2.45) is 5.10 Å². The fourth-order valence-corrected chi connectivity index (χ4v) is 2.69. The molecular formula is C24H24N2O4. The Bertz CT molecular complexity index is 1000. The molecule has 1 N–H and O–H groups in total. The van der Waals surface area contributed by atoms with E-state index in [0.29, 0.717) is 23.9 Å². The molecule has 3 aromatic rings. The third kappa shape index (κ3) is 6.38. The zero-order valence-corrected chi connectivity index (χ0v) is 17.0. The van der Waals surface area contributed by atoms with Gasteiger partial charge in [-0.15, -0.1) is 0 Å². The number of carbonyl (C=O) groups excluding carboxylic acids is 1. The van der Waals surface area contributed by atoms with Crippen molar-refractivity contribution in [1.82, 2.24) is 5.43 Å². The maximum Gasteiger partial charge on any atom is 0.277 e. The molecular weight excluding hydrogens is 380 g/mol. The highest BCUT2D eigenvalue weighted by Gasteiger charge is 2.06. The smallest absolute Gasteiger partial charge is 0.277 e. The van der Waals surface area contributed by atoms with Crippen molar-refractivity contribution >= 4 is 12.1 Å². The molecule has 0 saturated heterocycles. The van der Waals surface area contributed by atoms with E-state index < -0.39 is 0 Å². The number of hydrazone groups is 1. The number of methoxy groups -OCH3 is 1. The van der Waals surface area contributed by atoms with E-state index >= 15 is 0 Å². The number of carbonyl (C=O) groups is 1. The first-order valence-corrected chi connectivity index (χ1v) is 9.50. The molecule has 0 radical (unpaired) electrons. The monoisotopic (exact) mass is 404 g/mol. The molecule has 3 aromatic carbocycles. The summed E-state index contributed by atoms with van der Waals surface area (Å²) in [6, 6.07) is 22.8. The second-order valence-corrected chi connectivity index (χ2v) is 6.58. The molecule has 30 heavy (non-hydrogen) atoms. The first-order valence-electron chi connectivity index (χ1n) is 9.50. The van der Waals surface area contributed by atoms with Crippen LogP contribution in [0.3, 0.4) is 0 Å². The van der Waals surface area contributed by atoms with Gasteiger partial charge in [0.05, 0.1) is 13.3 Å². The van der Waals surface area contributed by atoms with Gasteiger partial charge in [0.1, 0.15) is 12.4 Å². The highest BCUT2D eigenvalue weighted by atomic mass is 16.5. The Morgan fingerprint density at radius 3 is 2.57 bits per heavy atom. The molecule has 0 aliphatic heterocycles. The van der Waals surface area contributed by atoms with Gasteiger partial charge in [-0.3, -0.25) is 4.79 Å². The minimum Gasteiger partial charge on any atom is -0.493 e. The Balaban J connectivity index is 1.54. The lowest BCUT2D eigenvalue weighted by Gasteiger charge is -2.11. The van der Waals surface area contributed by atoms with Crippen LogP contribution in [-0.2, 0) is 11.4 Å². The Kier molecular flexibility index (Phi) is 7.44. The Morgan fingerprint density at radius 2 is 1.80 bits per heavy atom. The fraction of sp³-hybridized carbons (Fsp3) is 0.167. The molecule has 0 atom stereocenters. The minimum absolute atomic E-state index is 0.116. The van der Waals surface area contributed by atoms with Crippen LogP contribution in [0.1, 0.15) is 16.7 Å². The number of benzene rings is 3. The summed E-state index contributed by atoms with van der Waals surface area (Å²) in [6.45, 7) is 2.27. The molecule has 0 aliphatic rings. The molecule has 0 aliphatic carbocycles. The van der Waals surface area contributed by atoms with E-state index in [4.69, 9.17) is 14.2 Å². The van der Waals surface area contributed by atoms with Gasteiger partial charge in [0.25, 0.3) is 5.91 Å². The van der Waals surface area contributed by atoms with Gasteiger partial charge in [-0.1, -0.05) is 42.5 Å². The predicted molar refractivity (Wildman–Crippen MR) is 116 cm³/mol. The zero-order valence-electron chi connectivity index (χ0n) is 17.0. The summed E-state index contributed by atoms with van der Waals surface area (Å²) in [4.78, 5) is 11.9. The van der Waals surface area contributed by atoms with Gasteiger partial charge in [-0.2, -0.15) is 5.10 Å². The molecule has 1 amide bonds. The molecule has 0 saturated carbocycles. The van der Waals surface area contributed by atoms with E-state index in [1.807, 2.05) is 61.5 Å². The van der Waals surface area contributed by atoms with E-state index in [2.05, 4.69) is 10.5 Å². The van der Waals surface area contributed by atoms with Gasteiger partial charge >= 0.3 is 0 Å². The highest BCUT2D eigenvalue weighted by Crippen LogP contribution is 2.28. The van der Waals surface area contributed by atoms with Crippen LogP contribution in [0, 0.1) is 6.92 Å². The Hall–Kier alpha value is -3.80. The molecule has 154 valence electrons. The van der Waals surface area contributed by atoms with Crippen LogP contribution in [0.25, 0.3) is 0 Å². The third-order valence-electron chi connectivity index (χ3n) is 4.19. The summed E-state index contributed by atoms with van der Waals surface area (Å²) >= 11 is 0. The number of rotatable bonds is 9. The van der Waals surface area contributed by atoms with Gasteiger partial charge < -0.3 is 14.2 Å². The summed E-state index contributed by atoms with van der Waals surface area (Å²) in [7, 11) is 1.59. The van der Waals surface area contributed by atoms with Crippen molar-refractivity contribution in [3.8, 4) is 17.2 Å². The SMILES string of the molecule is COc1ccc(/C=N\NC(=O)COc2cccc(C)c2)cc1OCc1ccccc1. The quantitative estimate of drug-likeness (QED) is 0.430. The normalized spacial score (nSPS) is 10.6. The maximum atomic E-state index is 11.9. The first kappa shape index (κ1) is 20.9. The summed E-state index contributed by atoms with van der Waals surface area (Å²) in [5.74, 6) is 1.52. The molecule has 0 fully saturated rings. The van der Waals surface area contributed by atoms with E-state index in [9.17, 15) is 4.79 Å². The lowest BCUT2D eigenvalue weighted by molar-refractivity contribution is -0.123. The topological polar surface area (TPSA) is 69.2 Å². The summed E-state index contributed by atoms with van der Waals surface area (Å²) in [5, 5.41) is 3.99. The number of hydrogen-bond acceptors (Lipinski definition) is 5. The van der Waals surface area contributed by atoms with E-state index in [1.165, 1.54) is 0 Å². The van der Waals surface area contributed by atoms with Crippen LogP contribution >= 0.6 is 0 Å². The lowest BCUT2D eigenvalue weighted by atomic mass is 10.2. The van der Waals surface area contributed by atoms with E-state index in [-0.39, 0.29) is 12.5 Å². The molecule has 6 heteroatoms. The fourth-order valence-electron chi connectivity index (χ4n) is 2.69. The number of nitrogens with one attached hydrogen (secondary N) is 1. The summed E-state index contributed by atoms with van der Waals surface area (Å²) in [5.41, 5.74) is 5.34. The van der Waals surface area contributed by atoms with Crippen molar-refractivity contribution in [3.05, 3.63) is 89.5 Å². The molecule has 0 aromatic heterocycles. The van der Waals surface area contributed by atoms with Crippen molar-refractivity contribution < 1.29 is 19.0 Å². The summed E-state index contributed by atoms with van der Waals surface area (Å²) in [6.07, 6.45) is 1.54.